The first-order chi connectivity index (χ1) is 9.86. The third-order valence-electron chi connectivity index (χ3n) is 3.46. The molecule has 104 valence electrons. The van der Waals surface area contributed by atoms with E-state index in [1.54, 1.807) is 0 Å². The van der Waals surface area contributed by atoms with E-state index in [4.69, 9.17) is 10.5 Å². The number of benzene rings is 1. The SMILES string of the molecule is NCc1cccc(CN2CCCOc3ccccc32)n1. The van der Waals surface area contributed by atoms with E-state index in [0.29, 0.717) is 6.54 Å². The molecule has 1 aromatic heterocycles. The van der Waals surface area contributed by atoms with Crippen LogP contribution in [0.2, 0.25) is 0 Å². The molecule has 0 atom stereocenters. The molecule has 1 aliphatic heterocycles. The summed E-state index contributed by atoms with van der Waals surface area (Å²) in [5.74, 6) is 0.958. The minimum atomic E-state index is 0.480. The maximum atomic E-state index is 5.78. The molecule has 0 fully saturated rings. The van der Waals surface area contributed by atoms with Gasteiger partial charge in [-0.1, -0.05) is 18.2 Å². The number of hydrogen-bond donors (Lipinski definition) is 1. The van der Waals surface area contributed by atoms with E-state index < -0.39 is 0 Å². The minimum Gasteiger partial charge on any atom is -0.491 e. The van der Waals surface area contributed by atoms with E-state index in [-0.39, 0.29) is 0 Å². The van der Waals surface area contributed by atoms with Crippen molar-refractivity contribution in [2.24, 2.45) is 5.73 Å². The van der Waals surface area contributed by atoms with Gasteiger partial charge < -0.3 is 15.4 Å². The molecule has 2 N–H and O–H groups in total. The lowest BCUT2D eigenvalue weighted by Gasteiger charge is -2.23. The Balaban J connectivity index is 1.86. The number of ether oxygens (including phenoxy) is 1. The third-order valence-corrected chi connectivity index (χ3v) is 3.46. The van der Waals surface area contributed by atoms with E-state index in [9.17, 15) is 0 Å². The first kappa shape index (κ1) is 12.9. The van der Waals surface area contributed by atoms with Gasteiger partial charge in [-0.25, -0.2) is 0 Å². The topological polar surface area (TPSA) is 51.4 Å². The Hall–Kier alpha value is -2.07. The van der Waals surface area contributed by atoms with Crippen molar-refractivity contribution in [3.8, 4) is 5.75 Å². The molecule has 20 heavy (non-hydrogen) atoms. The molecular weight excluding hydrogens is 250 g/mol. The molecule has 2 heterocycles. The molecule has 1 aliphatic rings. The highest BCUT2D eigenvalue weighted by Gasteiger charge is 2.16. The molecule has 0 amide bonds. The Labute approximate surface area is 119 Å². The molecule has 4 heteroatoms. The molecule has 4 nitrogen and oxygen atoms in total. The molecule has 1 aromatic carbocycles. The van der Waals surface area contributed by atoms with Gasteiger partial charge in [-0.2, -0.15) is 0 Å². The molecule has 0 bridgehead atoms. The first-order valence-electron chi connectivity index (χ1n) is 6.98. The Kier molecular flexibility index (Phi) is 3.83. The summed E-state index contributed by atoms with van der Waals surface area (Å²) in [5, 5.41) is 0. The van der Waals surface area contributed by atoms with Gasteiger partial charge in [0.2, 0.25) is 0 Å². The van der Waals surface area contributed by atoms with Gasteiger partial charge in [-0.15, -0.1) is 0 Å². The Morgan fingerprint density at radius 1 is 1.10 bits per heavy atom. The number of aromatic nitrogens is 1. The summed E-state index contributed by atoms with van der Waals surface area (Å²) in [6.45, 7) is 3.01. The number of anilines is 1. The van der Waals surface area contributed by atoms with Crippen LogP contribution < -0.4 is 15.4 Å². The third kappa shape index (κ3) is 2.75. The number of para-hydroxylation sites is 2. The van der Waals surface area contributed by atoms with Crippen LogP contribution >= 0.6 is 0 Å². The van der Waals surface area contributed by atoms with Crippen LogP contribution in [0.4, 0.5) is 5.69 Å². The van der Waals surface area contributed by atoms with Crippen molar-refractivity contribution in [3.63, 3.8) is 0 Å². The Bertz CT molecular complexity index is 585. The van der Waals surface area contributed by atoms with E-state index in [1.807, 2.05) is 36.4 Å². The monoisotopic (exact) mass is 269 g/mol. The van der Waals surface area contributed by atoms with Crippen molar-refractivity contribution >= 4 is 5.69 Å². The number of nitrogens with two attached hydrogens (primary N) is 1. The fourth-order valence-corrected chi connectivity index (χ4v) is 2.49. The summed E-state index contributed by atoms with van der Waals surface area (Å²) >= 11 is 0. The standard InChI is InChI=1S/C16H19N3O/c17-11-13-5-3-6-14(18-13)12-19-9-4-10-20-16-8-2-1-7-15(16)19/h1-3,5-8H,4,9-12,17H2. The predicted octanol–water partition coefficient (Wildman–Crippen LogP) is 2.33. The zero-order valence-corrected chi connectivity index (χ0v) is 11.5. The molecule has 0 unspecified atom stereocenters. The largest absolute Gasteiger partial charge is 0.491 e. The van der Waals surface area contributed by atoms with Crippen LogP contribution in [0, 0.1) is 0 Å². The molecule has 0 saturated carbocycles. The number of hydrogen-bond acceptors (Lipinski definition) is 4. The van der Waals surface area contributed by atoms with Gasteiger partial charge in [0.05, 0.1) is 30.2 Å². The lowest BCUT2D eigenvalue weighted by molar-refractivity contribution is 0.322. The highest BCUT2D eigenvalue weighted by molar-refractivity contribution is 5.59. The number of rotatable bonds is 3. The fourth-order valence-electron chi connectivity index (χ4n) is 2.49. The van der Waals surface area contributed by atoms with Crippen molar-refractivity contribution in [1.29, 1.82) is 0 Å². The van der Waals surface area contributed by atoms with Crippen LogP contribution in [0.3, 0.4) is 0 Å². The van der Waals surface area contributed by atoms with Crippen molar-refractivity contribution < 1.29 is 4.74 Å². The molecule has 0 radical (unpaired) electrons. The normalized spacial score (nSPS) is 14.3. The summed E-state index contributed by atoms with van der Waals surface area (Å²) < 4.78 is 5.78. The second-order valence-corrected chi connectivity index (χ2v) is 4.92. The van der Waals surface area contributed by atoms with E-state index in [1.165, 1.54) is 0 Å². The molecule has 3 rings (SSSR count). The summed E-state index contributed by atoms with van der Waals surface area (Å²) in [7, 11) is 0. The van der Waals surface area contributed by atoms with Crippen molar-refractivity contribution in [1.82, 2.24) is 4.98 Å². The zero-order chi connectivity index (χ0) is 13.8. The van der Waals surface area contributed by atoms with Crippen molar-refractivity contribution in [3.05, 3.63) is 53.9 Å². The highest BCUT2D eigenvalue weighted by atomic mass is 16.5. The smallest absolute Gasteiger partial charge is 0.142 e. The zero-order valence-electron chi connectivity index (χ0n) is 11.5. The minimum absolute atomic E-state index is 0.480. The summed E-state index contributed by atoms with van der Waals surface area (Å²) in [6, 6.07) is 14.2. The maximum absolute atomic E-state index is 5.78. The van der Waals surface area contributed by atoms with Crippen LogP contribution in [-0.2, 0) is 13.1 Å². The van der Waals surface area contributed by atoms with Gasteiger partial charge in [-0.05, 0) is 30.7 Å². The second kappa shape index (κ2) is 5.92. The summed E-state index contributed by atoms with van der Waals surface area (Å²) in [4.78, 5) is 6.91. The lowest BCUT2D eigenvalue weighted by atomic mass is 10.2. The van der Waals surface area contributed by atoms with Crippen LogP contribution in [-0.4, -0.2) is 18.1 Å². The molecule has 2 aromatic rings. The first-order valence-corrected chi connectivity index (χ1v) is 6.98. The van der Waals surface area contributed by atoms with E-state index in [0.717, 1.165) is 48.9 Å². The van der Waals surface area contributed by atoms with Gasteiger partial charge in [0.1, 0.15) is 5.75 Å². The van der Waals surface area contributed by atoms with Crippen LogP contribution in [0.25, 0.3) is 0 Å². The Morgan fingerprint density at radius 2 is 1.95 bits per heavy atom. The van der Waals surface area contributed by atoms with Crippen molar-refractivity contribution in [2.75, 3.05) is 18.1 Å². The van der Waals surface area contributed by atoms with E-state index in [2.05, 4.69) is 16.0 Å². The maximum Gasteiger partial charge on any atom is 0.142 e. The second-order valence-electron chi connectivity index (χ2n) is 4.92. The quantitative estimate of drug-likeness (QED) is 0.929. The predicted molar refractivity (Wildman–Crippen MR) is 79.7 cm³/mol. The Morgan fingerprint density at radius 3 is 2.85 bits per heavy atom. The van der Waals surface area contributed by atoms with E-state index >= 15 is 0 Å². The number of nitrogens with zero attached hydrogens (tertiary/aromatic N) is 2. The molecule has 0 spiro atoms. The van der Waals surface area contributed by atoms with Crippen LogP contribution in [0.15, 0.2) is 42.5 Å². The average Bonchev–Trinajstić information content (AvgIpc) is 2.70. The summed E-state index contributed by atoms with van der Waals surface area (Å²) in [6.07, 6.45) is 1.02. The molecule has 0 aliphatic carbocycles. The lowest BCUT2D eigenvalue weighted by Crippen LogP contribution is -2.24. The van der Waals surface area contributed by atoms with Crippen molar-refractivity contribution in [2.45, 2.75) is 19.5 Å². The van der Waals surface area contributed by atoms with Crippen LogP contribution in [0.1, 0.15) is 17.8 Å². The van der Waals surface area contributed by atoms with Crippen LogP contribution in [0.5, 0.6) is 5.75 Å². The van der Waals surface area contributed by atoms with Gasteiger partial charge in [0.15, 0.2) is 0 Å². The molecule has 0 saturated heterocycles. The fraction of sp³-hybridized carbons (Fsp3) is 0.312. The van der Waals surface area contributed by atoms with Gasteiger partial charge in [-0.3, -0.25) is 4.98 Å². The number of fused-ring (bicyclic) bond motifs is 1. The van der Waals surface area contributed by atoms with Gasteiger partial charge in [0.25, 0.3) is 0 Å². The highest BCUT2D eigenvalue weighted by Crippen LogP contribution is 2.31. The molecular formula is C16H19N3O. The number of pyridine rings is 1. The van der Waals surface area contributed by atoms with Gasteiger partial charge >= 0.3 is 0 Å². The average molecular weight is 269 g/mol. The summed E-state index contributed by atoms with van der Waals surface area (Å²) in [5.41, 5.74) is 8.78. The van der Waals surface area contributed by atoms with Gasteiger partial charge in [0, 0.05) is 13.1 Å².